The van der Waals surface area contributed by atoms with Crippen LogP contribution >= 0.6 is 0 Å². The monoisotopic (exact) mass is 339 g/mol. The Bertz CT molecular complexity index is 834. The third-order valence-electron chi connectivity index (χ3n) is 4.83. The van der Waals surface area contributed by atoms with E-state index < -0.39 is 0 Å². The number of furan rings is 1. The van der Waals surface area contributed by atoms with E-state index >= 15 is 0 Å². The molecule has 7 nitrogen and oxygen atoms in total. The van der Waals surface area contributed by atoms with Crippen LogP contribution in [0.4, 0.5) is 4.79 Å². The number of nitrogens with one attached hydrogen (secondary N) is 1. The molecule has 0 aliphatic carbocycles. The fourth-order valence-electron chi connectivity index (χ4n) is 3.39. The number of hydrogen-bond acceptors (Lipinski definition) is 4. The van der Waals surface area contributed by atoms with Crippen molar-refractivity contribution >= 4 is 17.0 Å². The number of amides is 2. The Hall–Kier alpha value is -2.83. The first-order valence-electron chi connectivity index (χ1n) is 8.60. The molecule has 1 aliphatic rings. The number of aromatic nitrogens is 3. The van der Waals surface area contributed by atoms with Crippen molar-refractivity contribution < 1.29 is 9.21 Å². The van der Waals surface area contributed by atoms with E-state index in [1.54, 1.807) is 18.9 Å². The van der Waals surface area contributed by atoms with E-state index in [-0.39, 0.29) is 6.03 Å². The summed E-state index contributed by atoms with van der Waals surface area (Å²) in [6.45, 7) is 2.97. The maximum Gasteiger partial charge on any atom is 0.317 e. The van der Waals surface area contributed by atoms with E-state index in [1.807, 2.05) is 33.7 Å². The maximum absolute atomic E-state index is 12.4. The van der Waals surface area contributed by atoms with Crippen molar-refractivity contribution in [1.82, 2.24) is 25.0 Å². The number of fused-ring (bicyclic) bond motifs is 1. The van der Waals surface area contributed by atoms with Gasteiger partial charge in [0.15, 0.2) is 0 Å². The largest absolute Gasteiger partial charge is 0.464 e. The van der Waals surface area contributed by atoms with Gasteiger partial charge in [0.1, 0.15) is 18.2 Å². The van der Waals surface area contributed by atoms with Crippen molar-refractivity contribution in [2.75, 3.05) is 13.1 Å². The van der Waals surface area contributed by atoms with Gasteiger partial charge in [-0.25, -0.2) is 4.79 Å². The zero-order valence-electron chi connectivity index (χ0n) is 14.0. The SMILES string of the molecule is O=C(NCc1coc2ccccc12)N1CCC(Cn2cnnc2)CC1. The van der Waals surface area contributed by atoms with Gasteiger partial charge in [0.25, 0.3) is 0 Å². The molecule has 4 rings (SSSR count). The summed E-state index contributed by atoms with van der Waals surface area (Å²) < 4.78 is 7.52. The fourth-order valence-corrected chi connectivity index (χ4v) is 3.39. The van der Waals surface area contributed by atoms with Crippen LogP contribution in [-0.2, 0) is 13.1 Å². The summed E-state index contributed by atoms with van der Waals surface area (Å²) in [5.41, 5.74) is 1.85. The molecule has 0 radical (unpaired) electrons. The van der Waals surface area contributed by atoms with E-state index in [2.05, 4.69) is 15.5 Å². The van der Waals surface area contributed by atoms with E-state index in [4.69, 9.17) is 4.42 Å². The molecule has 0 unspecified atom stereocenters. The predicted molar refractivity (Wildman–Crippen MR) is 92.8 cm³/mol. The Morgan fingerprint density at radius 1 is 1.20 bits per heavy atom. The van der Waals surface area contributed by atoms with Crippen molar-refractivity contribution in [3.8, 4) is 0 Å². The molecule has 7 heteroatoms. The second kappa shape index (κ2) is 6.96. The van der Waals surface area contributed by atoms with Crippen LogP contribution in [0.25, 0.3) is 11.0 Å². The highest BCUT2D eigenvalue weighted by atomic mass is 16.3. The highest BCUT2D eigenvalue weighted by molar-refractivity contribution is 5.81. The maximum atomic E-state index is 12.4. The summed E-state index contributed by atoms with van der Waals surface area (Å²) in [5.74, 6) is 0.567. The van der Waals surface area contributed by atoms with E-state index in [1.165, 1.54) is 0 Å². The number of piperidine rings is 1. The molecule has 25 heavy (non-hydrogen) atoms. The average Bonchev–Trinajstić information content (AvgIpc) is 3.30. The zero-order valence-corrected chi connectivity index (χ0v) is 14.0. The summed E-state index contributed by atoms with van der Waals surface area (Å²) in [7, 11) is 0. The van der Waals surface area contributed by atoms with Gasteiger partial charge in [-0.1, -0.05) is 18.2 Å². The third-order valence-corrected chi connectivity index (χ3v) is 4.83. The van der Waals surface area contributed by atoms with Gasteiger partial charge in [-0.3, -0.25) is 0 Å². The second-order valence-corrected chi connectivity index (χ2v) is 6.50. The first kappa shape index (κ1) is 15.7. The van der Waals surface area contributed by atoms with E-state index in [0.717, 1.165) is 49.0 Å². The minimum atomic E-state index is -0.00645. The highest BCUT2D eigenvalue weighted by Crippen LogP contribution is 2.21. The van der Waals surface area contributed by atoms with Gasteiger partial charge in [-0.2, -0.15) is 0 Å². The lowest BCUT2D eigenvalue weighted by Crippen LogP contribution is -2.44. The molecule has 1 fully saturated rings. The van der Waals surface area contributed by atoms with Crippen molar-refractivity contribution in [3.63, 3.8) is 0 Å². The summed E-state index contributed by atoms with van der Waals surface area (Å²) in [4.78, 5) is 14.3. The van der Waals surface area contributed by atoms with E-state index in [9.17, 15) is 4.79 Å². The first-order chi connectivity index (χ1) is 12.3. The van der Waals surface area contributed by atoms with Gasteiger partial charge in [-0.05, 0) is 24.8 Å². The Morgan fingerprint density at radius 2 is 1.96 bits per heavy atom. The standard InChI is InChI=1S/C18H21N5O2/c24-18(19-9-15-11-25-17-4-2-1-3-16(15)17)23-7-5-14(6-8-23)10-22-12-20-21-13-22/h1-4,11-14H,5-10H2,(H,19,24). The molecule has 3 aromatic rings. The van der Waals surface area contributed by atoms with Gasteiger partial charge in [-0.15, -0.1) is 10.2 Å². The molecule has 3 heterocycles. The molecule has 0 saturated carbocycles. The topological polar surface area (TPSA) is 76.2 Å². The fraction of sp³-hybridized carbons (Fsp3) is 0.389. The lowest BCUT2D eigenvalue weighted by molar-refractivity contribution is 0.165. The molecule has 130 valence electrons. The second-order valence-electron chi connectivity index (χ2n) is 6.50. The smallest absolute Gasteiger partial charge is 0.317 e. The van der Waals surface area contributed by atoms with Crippen molar-refractivity contribution in [1.29, 1.82) is 0 Å². The van der Waals surface area contributed by atoms with Gasteiger partial charge in [0.05, 0.1) is 6.26 Å². The summed E-state index contributed by atoms with van der Waals surface area (Å²) in [6, 6.07) is 7.85. The Kier molecular flexibility index (Phi) is 4.37. The number of rotatable bonds is 4. The molecule has 1 N–H and O–H groups in total. The first-order valence-corrected chi connectivity index (χ1v) is 8.60. The van der Waals surface area contributed by atoms with Gasteiger partial charge in [0.2, 0.25) is 0 Å². The molecule has 1 saturated heterocycles. The van der Waals surface area contributed by atoms with Crippen molar-refractivity contribution in [3.05, 3.63) is 48.7 Å². The van der Waals surface area contributed by atoms with Crippen LogP contribution in [0.5, 0.6) is 0 Å². The van der Waals surface area contributed by atoms with Gasteiger partial charge in [0, 0.05) is 37.1 Å². The molecule has 0 atom stereocenters. The molecule has 0 spiro atoms. The molecule has 0 bridgehead atoms. The zero-order chi connectivity index (χ0) is 17.1. The van der Waals surface area contributed by atoms with Crippen LogP contribution < -0.4 is 5.32 Å². The number of nitrogens with zero attached hydrogens (tertiary/aromatic N) is 4. The average molecular weight is 339 g/mol. The minimum Gasteiger partial charge on any atom is -0.464 e. The number of carbonyl (C=O) groups excluding carboxylic acids is 1. The van der Waals surface area contributed by atoms with E-state index in [0.29, 0.717) is 12.5 Å². The molecular weight excluding hydrogens is 318 g/mol. The Labute approximate surface area is 145 Å². The van der Waals surface area contributed by atoms with Crippen LogP contribution in [0.1, 0.15) is 18.4 Å². The molecule has 1 aliphatic heterocycles. The van der Waals surface area contributed by atoms with Crippen LogP contribution in [0, 0.1) is 5.92 Å². The van der Waals surface area contributed by atoms with Crippen LogP contribution in [0.3, 0.4) is 0 Å². The lowest BCUT2D eigenvalue weighted by atomic mass is 9.97. The van der Waals surface area contributed by atoms with Crippen LogP contribution in [0.2, 0.25) is 0 Å². The van der Waals surface area contributed by atoms with Crippen LogP contribution in [-0.4, -0.2) is 38.8 Å². The Balaban J connectivity index is 1.28. The van der Waals surface area contributed by atoms with Crippen molar-refractivity contribution in [2.24, 2.45) is 5.92 Å². The summed E-state index contributed by atoms with van der Waals surface area (Å²) in [5, 5.41) is 11.7. The number of para-hydroxylation sites is 1. The quantitative estimate of drug-likeness (QED) is 0.793. The molecule has 2 aromatic heterocycles. The Morgan fingerprint density at radius 3 is 2.76 bits per heavy atom. The van der Waals surface area contributed by atoms with Gasteiger partial charge < -0.3 is 19.2 Å². The molecule has 2 amide bonds. The summed E-state index contributed by atoms with van der Waals surface area (Å²) in [6.07, 6.45) is 7.21. The number of benzene rings is 1. The lowest BCUT2D eigenvalue weighted by Gasteiger charge is -2.32. The normalized spacial score (nSPS) is 15.6. The number of hydrogen-bond donors (Lipinski definition) is 1. The number of urea groups is 1. The number of likely N-dealkylation sites (tertiary alicyclic amines) is 1. The van der Waals surface area contributed by atoms with Gasteiger partial charge >= 0.3 is 6.03 Å². The van der Waals surface area contributed by atoms with Crippen LogP contribution in [0.15, 0.2) is 47.6 Å². The number of carbonyl (C=O) groups is 1. The summed E-state index contributed by atoms with van der Waals surface area (Å²) >= 11 is 0. The third kappa shape index (κ3) is 3.50. The predicted octanol–water partition coefficient (Wildman–Crippen LogP) is 2.65. The highest BCUT2D eigenvalue weighted by Gasteiger charge is 2.23. The molecular formula is C18H21N5O2. The molecule has 1 aromatic carbocycles. The van der Waals surface area contributed by atoms with Crippen molar-refractivity contribution in [2.45, 2.75) is 25.9 Å². The minimum absolute atomic E-state index is 0.00645.